The number of carbonyl (C=O) groups excluding carboxylic acids is 2. The molecule has 0 aliphatic carbocycles. The number of carbonyl (C=O) groups is 2. The van der Waals surface area contributed by atoms with Gasteiger partial charge >= 0.3 is 5.97 Å². The van der Waals surface area contributed by atoms with Crippen LogP contribution >= 0.6 is 11.3 Å². The van der Waals surface area contributed by atoms with Crippen LogP contribution in [-0.2, 0) is 9.53 Å². The molecule has 6 heteroatoms. The highest BCUT2D eigenvalue weighted by atomic mass is 32.1. The van der Waals surface area contributed by atoms with Crippen LogP contribution in [0.5, 0.6) is 0 Å². The van der Waals surface area contributed by atoms with Crippen LogP contribution in [0.2, 0.25) is 0 Å². The number of ether oxygens (including phenoxy) is 1. The van der Waals surface area contributed by atoms with Gasteiger partial charge in [0, 0.05) is 6.54 Å². The predicted molar refractivity (Wildman–Crippen MR) is 96.2 cm³/mol. The van der Waals surface area contributed by atoms with E-state index in [9.17, 15) is 9.59 Å². The van der Waals surface area contributed by atoms with E-state index in [2.05, 4.69) is 24.1 Å². The molecule has 0 unspecified atom stereocenters. The van der Waals surface area contributed by atoms with Crippen LogP contribution in [-0.4, -0.2) is 30.0 Å². The average molecular weight is 348 g/mol. The van der Waals surface area contributed by atoms with Crippen LogP contribution in [0.15, 0.2) is 23.7 Å². The number of unbranched alkanes of at least 4 members (excludes halogenated alkanes) is 1. The van der Waals surface area contributed by atoms with Gasteiger partial charge in [0.05, 0.1) is 21.3 Å². The Morgan fingerprint density at radius 3 is 2.92 bits per heavy atom. The lowest BCUT2D eigenvalue weighted by Crippen LogP contribution is -2.32. The van der Waals surface area contributed by atoms with Crippen molar-refractivity contribution < 1.29 is 14.3 Å². The molecule has 0 aliphatic heterocycles. The zero-order valence-corrected chi connectivity index (χ0v) is 15.0. The van der Waals surface area contributed by atoms with Crippen molar-refractivity contribution in [3.8, 4) is 0 Å². The second-order valence-electron chi connectivity index (χ2n) is 5.83. The third-order valence-electron chi connectivity index (χ3n) is 4.03. The number of hydrogen-bond acceptors (Lipinski definition) is 5. The maximum Gasteiger partial charge on any atom is 0.338 e. The Balaban J connectivity index is 1.77. The smallest absolute Gasteiger partial charge is 0.338 e. The van der Waals surface area contributed by atoms with Crippen molar-refractivity contribution in [1.29, 1.82) is 0 Å². The monoisotopic (exact) mass is 348 g/mol. The van der Waals surface area contributed by atoms with Crippen molar-refractivity contribution in [3.63, 3.8) is 0 Å². The fourth-order valence-electron chi connectivity index (χ4n) is 2.45. The summed E-state index contributed by atoms with van der Waals surface area (Å²) in [6, 6.07) is 5.19. The highest BCUT2D eigenvalue weighted by molar-refractivity contribution is 7.16. The van der Waals surface area contributed by atoms with Gasteiger partial charge in [-0.05, 0) is 30.5 Å². The standard InChI is InChI=1S/C18H24N2O3S/c1-3-5-6-13(4-2)10-19-17(21)11-23-18(22)14-7-8-15-16(9-14)24-12-20-15/h7-9,12-13H,3-6,10-11H2,1-2H3,(H,19,21)/t13-/m0/s1. The minimum Gasteiger partial charge on any atom is -0.452 e. The Bertz CT molecular complexity index is 684. The van der Waals surface area contributed by atoms with Gasteiger partial charge in [-0.15, -0.1) is 11.3 Å². The largest absolute Gasteiger partial charge is 0.452 e. The summed E-state index contributed by atoms with van der Waals surface area (Å²) in [5, 5.41) is 2.85. The second-order valence-corrected chi connectivity index (χ2v) is 6.72. The summed E-state index contributed by atoms with van der Waals surface area (Å²) < 4.78 is 6.02. The Morgan fingerprint density at radius 1 is 1.33 bits per heavy atom. The second kappa shape index (κ2) is 9.37. The van der Waals surface area contributed by atoms with Crippen LogP contribution in [0, 0.1) is 5.92 Å². The van der Waals surface area contributed by atoms with E-state index in [-0.39, 0.29) is 12.5 Å². The third kappa shape index (κ3) is 5.30. The first-order valence-corrected chi connectivity index (χ1v) is 9.29. The molecule has 1 aromatic carbocycles. The lowest BCUT2D eigenvalue weighted by molar-refractivity contribution is -0.124. The SMILES string of the molecule is CCCC[C@H](CC)CNC(=O)COC(=O)c1ccc2ncsc2c1. The number of hydrogen-bond donors (Lipinski definition) is 1. The maximum atomic E-state index is 12.0. The molecule has 0 saturated heterocycles. The van der Waals surface area contributed by atoms with E-state index in [0.29, 0.717) is 18.0 Å². The molecule has 1 aromatic heterocycles. The van der Waals surface area contributed by atoms with E-state index in [1.54, 1.807) is 23.7 Å². The molecule has 0 saturated carbocycles. The number of thiazole rings is 1. The molecule has 0 aliphatic rings. The first-order chi connectivity index (χ1) is 11.6. The quantitative estimate of drug-likeness (QED) is 0.700. The van der Waals surface area contributed by atoms with Crippen molar-refractivity contribution in [2.75, 3.05) is 13.2 Å². The Kier molecular flexibility index (Phi) is 7.18. The van der Waals surface area contributed by atoms with E-state index in [0.717, 1.165) is 29.5 Å². The summed E-state index contributed by atoms with van der Waals surface area (Å²) in [5.74, 6) is -0.256. The lowest BCUT2D eigenvalue weighted by Gasteiger charge is -2.15. The van der Waals surface area contributed by atoms with Crippen LogP contribution in [0.3, 0.4) is 0 Å². The number of benzene rings is 1. The fraction of sp³-hybridized carbons (Fsp3) is 0.500. The first kappa shape index (κ1) is 18.4. The molecule has 5 nitrogen and oxygen atoms in total. The molecule has 0 spiro atoms. The molecule has 1 atom stereocenters. The van der Waals surface area contributed by atoms with Crippen molar-refractivity contribution in [3.05, 3.63) is 29.3 Å². The van der Waals surface area contributed by atoms with Gasteiger partial charge in [-0.3, -0.25) is 4.79 Å². The molecule has 2 aromatic rings. The van der Waals surface area contributed by atoms with Gasteiger partial charge < -0.3 is 10.1 Å². The van der Waals surface area contributed by atoms with E-state index in [1.165, 1.54) is 17.8 Å². The van der Waals surface area contributed by atoms with Gasteiger partial charge in [0.1, 0.15) is 0 Å². The van der Waals surface area contributed by atoms with Crippen molar-refractivity contribution in [2.24, 2.45) is 5.92 Å². The summed E-state index contributed by atoms with van der Waals surface area (Å²) in [7, 11) is 0. The Hall–Kier alpha value is -1.95. The van der Waals surface area contributed by atoms with Gasteiger partial charge in [-0.2, -0.15) is 0 Å². The molecule has 1 amide bonds. The van der Waals surface area contributed by atoms with E-state index >= 15 is 0 Å². The highest BCUT2D eigenvalue weighted by Gasteiger charge is 2.13. The number of esters is 1. The number of nitrogens with one attached hydrogen (secondary N) is 1. The molecule has 0 fully saturated rings. The molecule has 0 bridgehead atoms. The summed E-state index contributed by atoms with van der Waals surface area (Å²) in [6.45, 7) is 4.68. The average Bonchev–Trinajstić information content (AvgIpc) is 3.07. The fourth-order valence-corrected chi connectivity index (χ4v) is 3.17. The molecule has 24 heavy (non-hydrogen) atoms. The number of fused-ring (bicyclic) bond motifs is 1. The van der Waals surface area contributed by atoms with Crippen molar-refractivity contribution in [1.82, 2.24) is 10.3 Å². The zero-order valence-electron chi connectivity index (χ0n) is 14.2. The topological polar surface area (TPSA) is 68.3 Å². The van der Waals surface area contributed by atoms with Crippen LogP contribution in [0.4, 0.5) is 0 Å². The van der Waals surface area contributed by atoms with Crippen molar-refractivity contribution >= 4 is 33.4 Å². The lowest BCUT2D eigenvalue weighted by atomic mass is 9.99. The first-order valence-electron chi connectivity index (χ1n) is 8.41. The Labute approximate surface area is 146 Å². The number of nitrogens with zero attached hydrogens (tertiary/aromatic N) is 1. The summed E-state index contributed by atoms with van der Waals surface area (Å²) in [5.41, 5.74) is 3.02. The third-order valence-corrected chi connectivity index (χ3v) is 4.82. The van der Waals surface area contributed by atoms with Gasteiger partial charge in [0.25, 0.3) is 5.91 Å². The zero-order chi connectivity index (χ0) is 17.4. The van der Waals surface area contributed by atoms with Crippen LogP contribution in [0.25, 0.3) is 10.2 Å². The van der Waals surface area contributed by atoms with E-state index in [1.807, 2.05) is 0 Å². The van der Waals surface area contributed by atoms with Gasteiger partial charge in [-0.1, -0.05) is 33.1 Å². The minimum atomic E-state index is -0.488. The predicted octanol–water partition coefficient (Wildman–Crippen LogP) is 3.79. The molecule has 130 valence electrons. The van der Waals surface area contributed by atoms with E-state index < -0.39 is 5.97 Å². The minimum absolute atomic E-state index is 0.246. The van der Waals surface area contributed by atoms with E-state index in [4.69, 9.17) is 4.74 Å². The molecular weight excluding hydrogens is 324 g/mol. The van der Waals surface area contributed by atoms with Gasteiger partial charge in [-0.25, -0.2) is 9.78 Å². The van der Waals surface area contributed by atoms with Gasteiger partial charge in [0.15, 0.2) is 6.61 Å². The van der Waals surface area contributed by atoms with Crippen LogP contribution < -0.4 is 5.32 Å². The number of aromatic nitrogens is 1. The maximum absolute atomic E-state index is 12.0. The Morgan fingerprint density at radius 2 is 2.17 bits per heavy atom. The van der Waals surface area contributed by atoms with Crippen molar-refractivity contribution in [2.45, 2.75) is 39.5 Å². The normalized spacial score (nSPS) is 12.1. The summed E-state index contributed by atoms with van der Waals surface area (Å²) in [6.07, 6.45) is 4.48. The molecule has 0 radical (unpaired) electrons. The molecule has 2 rings (SSSR count). The molecule has 1 N–H and O–H groups in total. The number of rotatable bonds is 9. The summed E-state index contributed by atoms with van der Waals surface area (Å²) in [4.78, 5) is 28.0. The highest BCUT2D eigenvalue weighted by Crippen LogP contribution is 2.19. The van der Waals surface area contributed by atoms with Gasteiger partial charge in [0.2, 0.25) is 0 Å². The summed E-state index contributed by atoms with van der Waals surface area (Å²) >= 11 is 1.47. The van der Waals surface area contributed by atoms with Crippen LogP contribution in [0.1, 0.15) is 49.9 Å². The molecule has 1 heterocycles. The number of amides is 1. The molecular formula is C18H24N2O3S.